The van der Waals surface area contributed by atoms with Crippen molar-refractivity contribution in [1.82, 2.24) is 4.90 Å². The molecule has 1 fully saturated rings. The maximum atomic E-state index is 13.9. The molecule has 108 valence electrons. The molecule has 1 saturated carbocycles. The minimum Gasteiger partial charge on any atom is -0.392 e. The lowest BCUT2D eigenvalue weighted by Gasteiger charge is -2.28. The van der Waals surface area contributed by atoms with E-state index in [1.165, 1.54) is 6.07 Å². The molecule has 1 aromatic carbocycles. The van der Waals surface area contributed by atoms with E-state index < -0.39 is 5.82 Å². The Hall–Kier alpha value is -1.49. The molecule has 1 aromatic rings. The van der Waals surface area contributed by atoms with E-state index in [1.807, 2.05) is 6.92 Å². The summed E-state index contributed by atoms with van der Waals surface area (Å²) in [5.41, 5.74) is 6.55. The van der Waals surface area contributed by atoms with Gasteiger partial charge in [-0.05, 0) is 31.9 Å². The van der Waals surface area contributed by atoms with Crippen LogP contribution in [0.25, 0.3) is 0 Å². The van der Waals surface area contributed by atoms with Gasteiger partial charge in [0.25, 0.3) is 5.91 Å². The van der Waals surface area contributed by atoms with Crippen LogP contribution in [0.4, 0.5) is 4.39 Å². The number of thiocarbonyl (C=S) groups is 1. The van der Waals surface area contributed by atoms with Gasteiger partial charge in [0.1, 0.15) is 5.82 Å². The fourth-order valence-corrected chi connectivity index (χ4v) is 2.85. The molecule has 0 saturated heterocycles. The van der Waals surface area contributed by atoms with Crippen LogP contribution in [0.2, 0.25) is 0 Å². The highest BCUT2D eigenvalue weighted by molar-refractivity contribution is 7.80. The third-order valence-corrected chi connectivity index (χ3v) is 3.83. The highest BCUT2D eigenvalue weighted by Crippen LogP contribution is 2.25. The topological polar surface area (TPSA) is 46.3 Å². The molecular weight excluding hydrogens is 275 g/mol. The predicted molar refractivity (Wildman–Crippen MR) is 81.2 cm³/mol. The van der Waals surface area contributed by atoms with Gasteiger partial charge in [0.15, 0.2) is 0 Å². The van der Waals surface area contributed by atoms with E-state index in [2.05, 4.69) is 0 Å². The second-order valence-corrected chi connectivity index (χ2v) is 5.85. The number of carbonyl (C=O) groups is 1. The first-order valence-electron chi connectivity index (χ1n) is 6.84. The molecule has 2 N–H and O–H groups in total. The molecule has 0 heterocycles. The Balaban J connectivity index is 2.29. The van der Waals surface area contributed by atoms with Crippen LogP contribution in [0, 0.1) is 12.7 Å². The minimum absolute atomic E-state index is 0.105. The largest absolute Gasteiger partial charge is 0.392 e. The van der Waals surface area contributed by atoms with Gasteiger partial charge in [-0.2, -0.15) is 0 Å². The predicted octanol–water partition coefficient (Wildman–Crippen LogP) is 2.81. The van der Waals surface area contributed by atoms with Crippen LogP contribution in [0.15, 0.2) is 18.2 Å². The first-order chi connectivity index (χ1) is 9.49. The third kappa shape index (κ3) is 3.33. The van der Waals surface area contributed by atoms with Crippen molar-refractivity contribution in [3.8, 4) is 0 Å². The van der Waals surface area contributed by atoms with Crippen molar-refractivity contribution in [1.29, 1.82) is 0 Å². The molecule has 1 aliphatic carbocycles. The van der Waals surface area contributed by atoms with Crippen LogP contribution in [0.5, 0.6) is 0 Å². The second kappa shape index (κ2) is 6.31. The Morgan fingerprint density at radius 2 is 2.10 bits per heavy atom. The maximum Gasteiger partial charge on any atom is 0.257 e. The summed E-state index contributed by atoms with van der Waals surface area (Å²) in [6.45, 7) is 2.05. The fourth-order valence-electron chi connectivity index (χ4n) is 2.71. The van der Waals surface area contributed by atoms with Crippen molar-refractivity contribution in [3.05, 3.63) is 35.1 Å². The average Bonchev–Trinajstić information content (AvgIpc) is 2.91. The number of halogens is 1. The molecule has 0 unspecified atom stereocenters. The highest BCUT2D eigenvalue weighted by Gasteiger charge is 2.29. The fraction of sp³-hybridized carbons (Fsp3) is 0.467. The zero-order chi connectivity index (χ0) is 14.7. The first kappa shape index (κ1) is 14.9. The number of hydrogen-bond donors (Lipinski definition) is 1. The van der Waals surface area contributed by atoms with Crippen LogP contribution < -0.4 is 5.73 Å². The van der Waals surface area contributed by atoms with E-state index in [-0.39, 0.29) is 29.0 Å². The summed E-state index contributed by atoms with van der Waals surface area (Å²) < 4.78 is 13.9. The number of benzene rings is 1. The molecule has 1 aliphatic rings. The molecule has 0 aliphatic heterocycles. The van der Waals surface area contributed by atoms with Gasteiger partial charge >= 0.3 is 0 Å². The van der Waals surface area contributed by atoms with Crippen molar-refractivity contribution in [3.63, 3.8) is 0 Å². The normalized spacial score (nSPS) is 15.3. The van der Waals surface area contributed by atoms with Gasteiger partial charge in [0.05, 0.1) is 17.1 Å². The first-order valence-corrected chi connectivity index (χ1v) is 7.25. The average molecular weight is 294 g/mol. The lowest BCUT2D eigenvalue weighted by Crippen LogP contribution is -2.44. The van der Waals surface area contributed by atoms with Crippen molar-refractivity contribution in [2.45, 2.75) is 38.6 Å². The quantitative estimate of drug-likeness (QED) is 0.869. The zero-order valence-corrected chi connectivity index (χ0v) is 12.4. The molecule has 0 atom stereocenters. The summed E-state index contributed by atoms with van der Waals surface area (Å²) in [5, 5.41) is 0. The SMILES string of the molecule is Cc1ccc(F)c(C(=O)N(CC(N)=S)C2CCCC2)c1. The van der Waals surface area contributed by atoms with Gasteiger partial charge in [-0.25, -0.2) is 4.39 Å². The van der Waals surface area contributed by atoms with E-state index in [0.717, 1.165) is 31.2 Å². The summed E-state index contributed by atoms with van der Waals surface area (Å²) in [7, 11) is 0. The van der Waals surface area contributed by atoms with E-state index >= 15 is 0 Å². The summed E-state index contributed by atoms with van der Waals surface area (Å²) in [6.07, 6.45) is 4.04. The molecule has 20 heavy (non-hydrogen) atoms. The number of nitrogens with zero attached hydrogens (tertiary/aromatic N) is 1. The smallest absolute Gasteiger partial charge is 0.257 e. The van der Waals surface area contributed by atoms with E-state index in [0.29, 0.717) is 0 Å². The third-order valence-electron chi connectivity index (χ3n) is 3.70. The van der Waals surface area contributed by atoms with Crippen LogP contribution in [0.1, 0.15) is 41.6 Å². The summed E-state index contributed by atoms with van der Waals surface area (Å²) >= 11 is 4.93. The van der Waals surface area contributed by atoms with Gasteiger partial charge in [-0.1, -0.05) is 36.7 Å². The van der Waals surface area contributed by atoms with Gasteiger partial charge in [-0.3, -0.25) is 4.79 Å². The minimum atomic E-state index is -0.494. The van der Waals surface area contributed by atoms with Crippen molar-refractivity contribution < 1.29 is 9.18 Å². The Bertz CT molecular complexity index is 527. The highest BCUT2D eigenvalue weighted by atomic mass is 32.1. The molecular formula is C15H19FN2OS. The van der Waals surface area contributed by atoms with Crippen LogP contribution >= 0.6 is 12.2 Å². The van der Waals surface area contributed by atoms with Gasteiger partial charge in [-0.15, -0.1) is 0 Å². The lowest BCUT2D eigenvalue weighted by atomic mass is 10.1. The Morgan fingerprint density at radius 1 is 1.45 bits per heavy atom. The van der Waals surface area contributed by atoms with Crippen molar-refractivity contribution in [2.75, 3.05) is 6.54 Å². The Kier molecular flexibility index (Phi) is 4.70. The molecule has 1 amide bonds. The molecule has 0 bridgehead atoms. The molecule has 0 spiro atoms. The number of hydrogen-bond acceptors (Lipinski definition) is 2. The molecule has 0 aromatic heterocycles. The lowest BCUT2D eigenvalue weighted by molar-refractivity contribution is 0.0710. The Labute approximate surface area is 123 Å². The monoisotopic (exact) mass is 294 g/mol. The van der Waals surface area contributed by atoms with E-state index in [1.54, 1.807) is 17.0 Å². The second-order valence-electron chi connectivity index (χ2n) is 5.32. The standard InChI is InChI=1S/C15H19FN2OS/c1-10-6-7-13(16)12(8-10)15(19)18(9-14(17)20)11-4-2-3-5-11/h6-8,11H,2-5,9H2,1H3,(H2,17,20). The van der Waals surface area contributed by atoms with Crippen molar-refractivity contribution >= 4 is 23.1 Å². The molecule has 0 radical (unpaired) electrons. The summed E-state index contributed by atoms with van der Waals surface area (Å²) in [5.74, 6) is -0.808. The van der Waals surface area contributed by atoms with Crippen LogP contribution in [-0.2, 0) is 0 Å². The van der Waals surface area contributed by atoms with Gasteiger partial charge in [0.2, 0.25) is 0 Å². The van der Waals surface area contributed by atoms with Crippen LogP contribution in [-0.4, -0.2) is 28.4 Å². The number of carbonyl (C=O) groups excluding carboxylic acids is 1. The van der Waals surface area contributed by atoms with Crippen LogP contribution in [0.3, 0.4) is 0 Å². The van der Waals surface area contributed by atoms with Gasteiger partial charge < -0.3 is 10.6 Å². The van der Waals surface area contributed by atoms with E-state index in [9.17, 15) is 9.18 Å². The summed E-state index contributed by atoms with van der Waals surface area (Å²) in [6, 6.07) is 4.68. The number of amides is 1. The Morgan fingerprint density at radius 3 is 2.70 bits per heavy atom. The zero-order valence-electron chi connectivity index (χ0n) is 11.6. The number of rotatable bonds is 4. The molecule has 3 nitrogen and oxygen atoms in total. The van der Waals surface area contributed by atoms with E-state index in [4.69, 9.17) is 18.0 Å². The summed E-state index contributed by atoms with van der Waals surface area (Å²) in [4.78, 5) is 14.5. The maximum absolute atomic E-state index is 13.9. The molecule has 2 rings (SSSR count). The van der Waals surface area contributed by atoms with Crippen molar-refractivity contribution in [2.24, 2.45) is 5.73 Å². The number of aryl methyl sites for hydroxylation is 1. The van der Waals surface area contributed by atoms with Gasteiger partial charge in [0, 0.05) is 6.04 Å². The number of nitrogens with two attached hydrogens (primary N) is 1. The molecule has 5 heteroatoms.